The maximum atomic E-state index is 14.4. The van der Waals surface area contributed by atoms with Crippen molar-refractivity contribution in [1.29, 1.82) is 0 Å². The minimum absolute atomic E-state index is 0.0541. The molecule has 37 heavy (non-hydrogen) atoms. The zero-order chi connectivity index (χ0) is 26.7. The molecule has 10 heteroatoms. The summed E-state index contributed by atoms with van der Waals surface area (Å²) in [5, 5.41) is 3.26. The number of allylic oxidation sites excluding steroid dienone is 1. The summed E-state index contributed by atoms with van der Waals surface area (Å²) in [4.78, 5) is 26.9. The molecular formula is C27H18BrCl2FN2O3S. The number of nitrogens with one attached hydrogen (secondary N) is 1. The highest BCUT2D eigenvalue weighted by atomic mass is 79.9. The number of hydrogen-bond acceptors (Lipinski definition) is 4. The number of carbonyl (C=O) groups is 2. The summed E-state index contributed by atoms with van der Waals surface area (Å²) in [6.45, 7) is 3.99. The Labute approximate surface area is 236 Å². The van der Waals surface area contributed by atoms with Gasteiger partial charge in [0.05, 0.1) is 10.2 Å². The van der Waals surface area contributed by atoms with E-state index in [1.165, 1.54) is 24.3 Å². The van der Waals surface area contributed by atoms with E-state index in [0.717, 1.165) is 16.0 Å². The number of benzene rings is 3. The first-order valence-electron chi connectivity index (χ1n) is 10.9. The Kier molecular flexibility index (Phi) is 8.44. The van der Waals surface area contributed by atoms with Crippen molar-refractivity contribution in [2.45, 2.75) is 13.0 Å². The molecule has 0 radical (unpaired) electrons. The molecule has 0 unspecified atom stereocenters. The molecule has 0 aromatic heterocycles. The van der Waals surface area contributed by atoms with E-state index in [2.05, 4.69) is 27.8 Å². The van der Waals surface area contributed by atoms with Gasteiger partial charge in [-0.05, 0) is 88.2 Å². The van der Waals surface area contributed by atoms with E-state index >= 15 is 0 Å². The molecule has 0 saturated carbocycles. The van der Waals surface area contributed by atoms with Crippen molar-refractivity contribution >= 4 is 80.0 Å². The molecule has 3 aromatic rings. The molecule has 1 aliphatic heterocycles. The average molecular weight is 620 g/mol. The van der Waals surface area contributed by atoms with Gasteiger partial charge in [-0.1, -0.05) is 47.5 Å². The number of carbonyl (C=O) groups excluding carboxylic acids is 2. The number of nitrogens with zero attached hydrogens (tertiary/aromatic N) is 1. The molecule has 1 aliphatic rings. The smallest absolute Gasteiger partial charge is 0.270 e. The fraction of sp³-hybridized carbons (Fsp3) is 0.0741. The number of thiocarbonyl (C=S) groups is 1. The molecule has 0 bridgehead atoms. The van der Waals surface area contributed by atoms with Crippen molar-refractivity contribution in [1.82, 2.24) is 5.32 Å². The first kappa shape index (κ1) is 27.0. The maximum Gasteiger partial charge on any atom is 0.270 e. The van der Waals surface area contributed by atoms with Gasteiger partial charge in [-0.3, -0.25) is 14.9 Å². The van der Waals surface area contributed by atoms with E-state index < -0.39 is 17.6 Å². The van der Waals surface area contributed by atoms with Crippen LogP contribution in [-0.4, -0.2) is 16.9 Å². The number of amides is 2. The molecule has 1 fully saturated rings. The number of rotatable bonds is 7. The Bertz CT molecular complexity index is 1480. The summed E-state index contributed by atoms with van der Waals surface area (Å²) in [5.74, 6) is -1.51. The molecule has 3 aromatic carbocycles. The van der Waals surface area contributed by atoms with Crippen LogP contribution in [0.5, 0.6) is 5.75 Å². The van der Waals surface area contributed by atoms with Crippen LogP contribution in [0.2, 0.25) is 10.0 Å². The lowest BCUT2D eigenvalue weighted by atomic mass is 10.0. The Morgan fingerprint density at radius 1 is 1.11 bits per heavy atom. The van der Waals surface area contributed by atoms with Crippen LogP contribution in [-0.2, 0) is 22.6 Å². The van der Waals surface area contributed by atoms with E-state index in [0.29, 0.717) is 32.3 Å². The van der Waals surface area contributed by atoms with Gasteiger partial charge in [-0.15, -0.1) is 6.58 Å². The predicted octanol–water partition coefficient (Wildman–Crippen LogP) is 7.03. The average Bonchev–Trinajstić information content (AvgIpc) is 2.83. The van der Waals surface area contributed by atoms with Crippen molar-refractivity contribution in [3.8, 4) is 5.75 Å². The zero-order valence-corrected chi connectivity index (χ0v) is 23.0. The van der Waals surface area contributed by atoms with Gasteiger partial charge in [0.25, 0.3) is 11.8 Å². The molecule has 0 spiro atoms. The number of hydrogen-bond donors (Lipinski definition) is 1. The summed E-state index contributed by atoms with van der Waals surface area (Å²) in [6.07, 6.45) is 3.58. The second-order valence-electron chi connectivity index (χ2n) is 7.92. The SMILES string of the molecule is C=CCc1cc(/C=C2\C(=O)NC(=S)N(c3ccccc3F)C2=O)cc(Br)c1OCc1ccc(Cl)cc1Cl. The van der Waals surface area contributed by atoms with Crippen LogP contribution < -0.4 is 15.0 Å². The van der Waals surface area contributed by atoms with Crippen LogP contribution in [0, 0.1) is 5.82 Å². The van der Waals surface area contributed by atoms with Gasteiger partial charge < -0.3 is 4.74 Å². The van der Waals surface area contributed by atoms with Gasteiger partial charge >= 0.3 is 0 Å². The highest BCUT2D eigenvalue weighted by Crippen LogP contribution is 2.34. The lowest BCUT2D eigenvalue weighted by Crippen LogP contribution is -2.54. The summed E-state index contributed by atoms with van der Waals surface area (Å²) >= 11 is 20.9. The van der Waals surface area contributed by atoms with E-state index in [4.69, 9.17) is 40.2 Å². The van der Waals surface area contributed by atoms with Crippen LogP contribution in [0.4, 0.5) is 10.1 Å². The predicted molar refractivity (Wildman–Crippen MR) is 151 cm³/mol. The number of ether oxygens (including phenoxy) is 1. The zero-order valence-electron chi connectivity index (χ0n) is 19.1. The standard InChI is InChI=1S/C27H18BrCl2FN2O3S/c1-2-5-16-10-15(12-20(28)24(16)36-14-17-8-9-18(29)13-21(17)30)11-19-25(34)32-27(37)33(26(19)35)23-7-4-3-6-22(23)31/h2-4,6-13H,1,5,14H2,(H,32,34,37)/b19-11+. The third-order valence-electron chi connectivity index (χ3n) is 5.40. The monoisotopic (exact) mass is 618 g/mol. The fourth-order valence-corrected chi connectivity index (χ4v) is 5.06. The number of para-hydroxylation sites is 1. The van der Waals surface area contributed by atoms with Gasteiger partial charge in [0.2, 0.25) is 0 Å². The molecule has 0 aliphatic carbocycles. The summed E-state index contributed by atoms with van der Waals surface area (Å²) in [5.41, 5.74) is 1.80. The van der Waals surface area contributed by atoms with Gasteiger partial charge in [0.1, 0.15) is 23.7 Å². The molecule has 5 nitrogen and oxygen atoms in total. The maximum absolute atomic E-state index is 14.4. The summed E-state index contributed by atoms with van der Waals surface area (Å²) in [6, 6.07) is 14.3. The molecular weight excluding hydrogens is 602 g/mol. The molecule has 1 heterocycles. The molecule has 4 rings (SSSR count). The lowest BCUT2D eigenvalue weighted by Gasteiger charge is -2.29. The minimum atomic E-state index is -0.738. The topological polar surface area (TPSA) is 58.6 Å². The Morgan fingerprint density at radius 2 is 1.86 bits per heavy atom. The summed E-state index contributed by atoms with van der Waals surface area (Å²) in [7, 11) is 0. The molecule has 188 valence electrons. The highest BCUT2D eigenvalue weighted by molar-refractivity contribution is 9.10. The summed E-state index contributed by atoms with van der Waals surface area (Å²) < 4.78 is 21.1. The van der Waals surface area contributed by atoms with E-state index in [1.54, 1.807) is 42.5 Å². The number of halogens is 4. The molecule has 1 N–H and O–H groups in total. The first-order valence-corrected chi connectivity index (χ1v) is 12.8. The quantitative estimate of drug-likeness (QED) is 0.133. The van der Waals surface area contributed by atoms with Crippen molar-refractivity contribution in [2.75, 3.05) is 4.90 Å². The fourth-order valence-electron chi connectivity index (χ4n) is 3.69. The number of anilines is 1. The van der Waals surface area contributed by atoms with Gasteiger partial charge in [0, 0.05) is 15.6 Å². The van der Waals surface area contributed by atoms with Gasteiger partial charge in [0.15, 0.2) is 5.11 Å². The second-order valence-corrected chi connectivity index (χ2v) is 10.0. The van der Waals surface area contributed by atoms with Crippen molar-refractivity contribution in [2.24, 2.45) is 0 Å². The van der Waals surface area contributed by atoms with E-state index in [1.807, 2.05) is 0 Å². The normalized spacial score (nSPS) is 14.6. The van der Waals surface area contributed by atoms with Gasteiger partial charge in [-0.2, -0.15) is 0 Å². The Hall–Kier alpha value is -3.04. The molecule has 1 saturated heterocycles. The van der Waals surface area contributed by atoms with Crippen LogP contribution >= 0.6 is 51.3 Å². The Balaban J connectivity index is 1.68. The van der Waals surface area contributed by atoms with Crippen molar-refractivity contribution in [3.63, 3.8) is 0 Å². The van der Waals surface area contributed by atoms with Crippen molar-refractivity contribution < 1.29 is 18.7 Å². The van der Waals surface area contributed by atoms with Crippen LogP contribution in [0.15, 0.2) is 77.3 Å². The third kappa shape index (κ3) is 5.93. The minimum Gasteiger partial charge on any atom is -0.487 e. The third-order valence-corrected chi connectivity index (χ3v) is 6.86. The van der Waals surface area contributed by atoms with E-state index in [-0.39, 0.29) is 23.0 Å². The first-order chi connectivity index (χ1) is 17.7. The van der Waals surface area contributed by atoms with Crippen LogP contribution in [0.25, 0.3) is 6.08 Å². The molecule has 2 amide bonds. The largest absolute Gasteiger partial charge is 0.487 e. The highest BCUT2D eigenvalue weighted by Gasteiger charge is 2.35. The Morgan fingerprint density at radius 3 is 2.57 bits per heavy atom. The van der Waals surface area contributed by atoms with Gasteiger partial charge in [-0.25, -0.2) is 9.29 Å². The van der Waals surface area contributed by atoms with Crippen molar-refractivity contribution in [3.05, 3.63) is 110 Å². The van der Waals surface area contributed by atoms with Crippen LogP contribution in [0.3, 0.4) is 0 Å². The molecule has 0 atom stereocenters. The lowest BCUT2D eigenvalue weighted by molar-refractivity contribution is -0.122. The second kappa shape index (κ2) is 11.6. The van der Waals surface area contributed by atoms with Crippen LogP contribution in [0.1, 0.15) is 16.7 Å². The van der Waals surface area contributed by atoms with E-state index in [9.17, 15) is 14.0 Å².